The molecule has 1 saturated heterocycles. The zero-order valence-corrected chi connectivity index (χ0v) is 14.2. The minimum absolute atomic E-state index is 0.548. The van der Waals surface area contributed by atoms with E-state index in [1.165, 1.54) is 6.42 Å². The van der Waals surface area contributed by atoms with Crippen LogP contribution < -0.4 is 0 Å². The topological polar surface area (TPSA) is 21.1 Å². The maximum absolute atomic E-state index is 6.18. The Labute approximate surface area is 139 Å². The molecule has 1 aromatic carbocycles. The van der Waals surface area contributed by atoms with Crippen LogP contribution in [-0.2, 0) is 13.0 Å². The highest BCUT2D eigenvalue weighted by atomic mass is 35.5. The Balaban J connectivity index is 2.00. The molecule has 1 aliphatic rings. The smallest absolute Gasteiger partial charge is 0.111 e. The Bertz CT molecular complexity index is 653. The Morgan fingerprint density at radius 2 is 2.05 bits per heavy atom. The molecule has 1 fully saturated rings. The SMILES string of the molecule is CN1CCC(Cn2c(CCCl)nc3cc(Cl)c(Cl)cc32)C1. The van der Waals surface area contributed by atoms with Gasteiger partial charge in [0, 0.05) is 25.4 Å². The lowest BCUT2D eigenvalue weighted by atomic mass is 10.1. The maximum Gasteiger partial charge on any atom is 0.111 e. The molecule has 3 nitrogen and oxygen atoms in total. The molecule has 0 aliphatic carbocycles. The third kappa shape index (κ3) is 3.16. The van der Waals surface area contributed by atoms with Crippen LogP contribution in [0.3, 0.4) is 0 Å². The van der Waals surface area contributed by atoms with Crippen LogP contribution in [0.5, 0.6) is 0 Å². The summed E-state index contributed by atoms with van der Waals surface area (Å²) in [6.07, 6.45) is 1.98. The summed E-state index contributed by atoms with van der Waals surface area (Å²) in [6.45, 7) is 3.25. The number of benzene rings is 1. The number of hydrogen-bond donors (Lipinski definition) is 0. The van der Waals surface area contributed by atoms with E-state index in [1.807, 2.05) is 12.1 Å². The number of fused-ring (bicyclic) bond motifs is 1. The summed E-state index contributed by atoms with van der Waals surface area (Å²) in [4.78, 5) is 7.06. The first-order chi connectivity index (χ1) is 10.1. The summed E-state index contributed by atoms with van der Waals surface area (Å²) in [6, 6.07) is 3.76. The molecule has 0 saturated carbocycles. The number of rotatable bonds is 4. The molecule has 1 unspecified atom stereocenters. The van der Waals surface area contributed by atoms with Crippen molar-refractivity contribution in [2.75, 3.05) is 26.0 Å². The van der Waals surface area contributed by atoms with E-state index in [4.69, 9.17) is 34.8 Å². The number of imidazole rings is 1. The van der Waals surface area contributed by atoms with Gasteiger partial charge in [0.25, 0.3) is 0 Å². The predicted molar refractivity (Wildman–Crippen MR) is 89.8 cm³/mol. The van der Waals surface area contributed by atoms with E-state index >= 15 is 0 Å². The average Bonchev–Trinajstić information content (AvgIpc) is 2.97. The van der Waals surface area contributed by atoms with Gasteiger partial charge < -0.3 is 9.47 Å². The Kier molecular flexibility index (Phi) is 4.65. The maximum atomic E-state index is 6.18. The second-order valence-electron chi connectivity index (χ2n) is 5.75. The standard InChI is InChI=1S/C15H18Cl3N3/c1-20-5-3-10(8-20)9-21-14-7-12(18)11(17)6-13(14)19-15(21)2-4-16/h6-7,10H,2-5,8-9H2,1H3. The quantitative estimate of drug-likeness (QED) is 0.778. The van der Waals surface area contributed by atoms with E-state index < -0.39 is 0 Å². The van der Waals surface area contributed by atoms with Gasteiger partial charge in [-0.05, 0) is 38.1 Å². The fraction of sp³-hybridized carbons (Fsp3) is 0.533. The largest absolute Gasteiger partial charge is 0.328 e. The number of nitrogens with zero attached hydrogens (tertiary/aromatic N) is 3. The summed E-state index contributed by atoms with van der Waals surface area (Å²) in [7, 11) is 2.17. The highest BCUT2D eigenvalue weighted by Gasteiger charge is 2.22. The normalized spacial score (nSPS) is 19.7. The van der Waals surface area contributed by atoms with Crippen LogP contribution in [0, 0.1) is 5.92 Å². The van der Waals surface area contributed by atoms with Crippen LogP contribution in [0.15, 0.2) is 12.1 Å². The number of likely N-dealkylation sites (tertiary alicyclic amines) is 1. The van der Waals surface area contributed by atoms with Crippen molar-refractivity contribution < 1.29 is 0 Å². The second-order valence-corrected chi connectivity index (χ2v) is 6.94. The molecule has 2 heterocycles. The molecule has 0 radical (unpaired) electrons. The van der Waals surface area contributed by atoms with Gasteiger partial charge in [-0.1, -0.05) is 23.2 Å². The average molecular weight is 347 g/mol. The van der Waals surface area contributed by atoms with Crippen molar-refractivity contribution >= 4 is 45.8 Å². The fourth-order valence-corrected chi connectivity index (χ4v) is 3.57. The second kappa shape index (κ2) is 6.33. The van der Waals surface area contributed by atoms with Crippen LogP contribution >= 0.6 is 34.8 Å². The molecule has 1 aliphatic heterocycles. The highest BCUT2D eigenvalue weighted by Crippen LogP contribution is 2.30. The first kappa shape index (κ1) is 15.4. The minimum atomic E-state index is 0.548. The van der Waals surface area contributed by atoms with Gasteiger partial charge in [-0.25, -0.2) is 4.98 Å². The first-order valence-corrected chi connectivity index (χ1v) is 8.46. The number of alkyl halides is 1. The molecule has 1 atom stereocenters. The molecule has 6 heteroatoms. The molecule has 0 amide bonds. The van der Waals surface area contributed by atoms with Gasteiger partial charge in [-0.15, -0.1) is 11.6 Å². The Morgan fingerprint density at radius 1 is 1.29 bits per heavy atom. The molecule has 114 valence electrons. The van der Waals surface area contributed by atoms with E-state index in [0.717, 1.165) is 42.9 Å². The van der Waals surface area contributed by atoms with E-state index in [1.54, 1.807) is 0 Å². The van der Waals surface area contributed by atoms with Crippen molar-refractivity contribution in [1.82, 2.24) is 14.5 Å². The Hall–Kier alpha value is -0.480. The summed E-state index contributed by atoms with van der Waals surface area (Å²) < 4.78 is 2.27. The van der Waals surface area contributed by atoms with Gasteiger partial charge in [-0.2, -0.15) is 0 Å². The molecular formula is C15H18Cl3N3. The third-order valence-corrected chi connectivity index (χ3v) is 5.03. The predicted octanol–water partition coefficient (Wildman–Crippen LogP) is 4.08. The first-order valence-electron chi connectivity index (χ1n) is 7.17. The van der Waals surface area contributed by atoms with Crippen LogP contribution in [0.4, 0.5) is 0 Å². The zero-order valence-electron chi connectivity index (χ0n) is 12.0. The van der Waals surface area contributed by atoms with Crippen LogP contribution in [0.1, 0.15) is 12.2 Å². The van der Waals surface area contributed by atoms with Gasteiger partial charge in [0.1, 0.15) is 5.82 Å². The van der Waals surface area contributed by atoms with Gasteiger partial charge in [0.05, 0.1) is 21.1 Å². The van der Waals surface area contributed by atoms with Crippen molar-refractivity contribution in [2.24, 2.45) is 5.92 Å². The number of aromatic nitrogens is 2. The van der Waals surface area contributed by atoms with Crippen LogP contribution in [0.2, 0.25) is 10.0 Å². The highest BCUT2D eigenvalue weighted by molar-refractivity contribution is 6.42. The van der Waals surface area contributed by atoms with Gasteiger partial charge >= 0.3 is 0 Å². The van der Waals surface area contributed by atoms with E-state index in [-0.39, 0.29) is 0 Å². The van der Waals surface area contributed by atoms with Crippen molar-refractivity contribution in [3.63, 3.8) is 0 Å². The zero-order chi connectivity index (χ0) is 15.0. The van der Waals surface area contributed by atoms with Gasteiger partial charge in [-0.3, -0.25) is 0 Å². The van der Waals surface area contributed by atoms with Crippen LogP contribution in [-0.4, -0.2) is 40.5 Å². The lowest BCUT2D eigenvalue weighted by molar-refractivity contribution is 0.378. The number of aryl methyl sites for hydroxylation is 1. The van der Waals surface area contributed by atoms with E-state index in [0.29, 0.717) is 21.8 Å². The summed E-state index contributed by atoms with van der Waals surface area (Å²) >= 11 is 18.2. The van der Waals surface area contributed by atoms with Gasteiger partial charge in [0.15, 0.2) is 0 Å². The summed E-state index contributed by atoms with van der Waals surface area (Å²) in [5, 5.41) is 1.12. The molecule has 0 bridgehead atoms. The molecule has 21 heavy (non-hydrogen) atoms. The molecular weight excluding hydrogens is 329 g/mol. The van der Waals surface area contributed by atoms with Crippen LogP contribution in [0.25, 0.3) is 11.0 Å². The minimum Gasteiger partial charge on any atom is -0.328 e. The fourth-order valence-electron chi connectivity index (χ4n) is 3.08. The number of hydrogen-bond acceptors (Lipinski definition) is 2. The summed E-state index contributed by atoms with van der Waals surface area (Å²) in [5.41, 5.74) is 1.95. The molecule has 0 N–H and O–H groups in total. The van der Waals surface area contributed by atoms with Crippen molar-refractivity contribution in [3.05, 3.63) is 28.0 Å². The van der Waals surface area contributed by atoms with E-state index in [2.05, 4.69) is 21.5 Å². The Morgan fingerprint density at radius 3 is 2.71 bits per heavy atom. The molecule has 2 aromatic rings. The van der Waals surface area contributed by atoms with Crippen molar-refractivity contribution in [2.45, 2.75) is 19.4 Å². The van der Waals surface area contributed by atoms with Crippen molar-refractivity contribution in [1.29, 1.82) is 0 Å². The molecule has 0 spiro atoms. The van der Waals surface area contributed by atoms with Crippen molar-refractivity contribution in [3.8, 4) is 0 Å². The third-order valence-electron chi connectivity index (χ3n) is 4.12. The monoisotopic (exact) mass is 345 g/mol. The molecule has 3 rings (SSSR count). The molecule has 1 aromatic heterocycles. The lowest BCUT2D eigenvalue weighted by Gasteiger charge is -2.14. The number of halogens is 3. The van der Waals surface area contributed by atoms with E-state index in [9.17, 15) is 0 Å². The van der Waals surface area contributed by atoms with Gasteiger partial charge in [0.2, 0.25) is 0 Å². The lowest BCUT2D eigenvalue weighted by Crippen LogP contribution is -2.18. The summed E-state index contributed by atoms with van der Waals surface area (Å²) in [5.74, 6) is 2.24.